The molecular formula is C11H22O. The minimum Gasteiger partial charge on any atom is -0.396 e. The van der Waals surface area contributed by atoms with Gasteiger partial charge >= 0.3 is 0 Å². The second-order valence-corrected chi connectivity index (χ2v) is 3.46. The molecule has 0 rings (SSSR count). The molecule has 0 saturated heterocycles. The summed E-state index contributed by atoms with van der Waals surface area (Å²) in [6.45, 7) is 6.85. The monoisotopic (exact) mass is 170 g/mol. The first kappa shape index (κ1) is 11.7. The highest BCUT2D eigenvalue weighted by Crippen LogP contribution is 2.16. The SMILES string of the molecule is C/C=C(/CC)CCC(C)CCO. The first-order valence-electron chi connectivity index (χ1n) is 4.99. The van der Waals surface area contributed by atoms with Gasteiger partial charge in [0.2, 0.25) is 0 Å². The minimum atomic E-state index is 0.332. The molecule has 0 aromatic rings. The Morgan fingerprint density at radius 3 is 2.50 bits per heavy atom. The molecule has 0 heterocycles. The lowest BCUT2D eigenvalue weighted by molar-refractivity contribution is 0.258. The molecular weight excluding hydrogens is 148 g/mol. The molecule has 0 aromatic heterocycles. The van der Waals surface area contributed by atoms with Gasteiger partial charge in [-0.2, -0.15) is 0 Å². The molecule has 0 aliphatic heterocycles. The molecule has 1 heteroatoms. The van der Waals surface area contributed by atoms with Crippen LogP contribution in [0.3, 0.4) is 0 Å². The Labute approximate surface area is 76.5 Å². The van der Waals surface area contributed by atoms with Gasteiger partial charge in [0.05, 0.1) is 0 Å². The second-order valence-electron chi connectivity index (χ2n) is 3.46. The highest BCUT2D eigenvalue weighted by molar-refractivity contribution is 4.98. The fourth-order valence-corrected chi connectivity index (χ4v) is 1.32. The van der Waals surface area contributed by atoms with E-state index in [1.165, 1.54) is 19.3 Å². The first-order chi connectivity index (χ1) is 5.74. The summed E-state index contributed by atoms with van der Waals surface area (Å²) in [5.74, 6) is 0.663. The standard InChI is InChI=1S/C11H22O/c1-4-11(5-2)7-6-10(3)8-9-12/h4,10,12H,5-9H2,1-3H3/b11-4-. The summed E-state index contributed by atoms with van der Waals surface area (Å²) in [4.78, 5) is 0. The number of hydrogen-bond donors (Lipinski definition) is 1. The maximum absolute atomic E-state index is 8.70. The van der Waals surface area contributed by atoms with Gasteiger partial charge in [0, 0.05) is 6.61 Å². The average molecular weight is 170 g/mol. The Hall–Kier alpha value is -0.300. The van der Waals surface area contributed by atoms with Crippen molar-refractivity contribution >= 4 is 0 Å². The fraction of sp³-hybridized carbons (Fsp3) is 0.818. The summed E-state index contributed by atoms with van der Waals surface area (Å²) in [5.41, 5.74) is 1.54. The molecule has 12 heavy (non-hydrogen) atoms. The van der Waals surface area contributed by atoms with Crippen molar-refractivity contribution in [2.45, 2.75) is 46.5 Å². The van der Waals surface area contributed by atoms with Crippen LogP contribution in [0.15, 0.2) is 11.6 Å². The Morgan fingerprint density at radius 2 is 2.08 bits per heavy atom. The third kappa shape index (κ3) is 5.36. The third-order valence-corrected chi connectivity index (χ3v) is 2.44. The van der Waals surface area contributed by atoms with Crippen molar-refractivity contribution in [1.29, 1.82) is 0 Å². The molecule has 0 spiro atoms. The van der Waals surface area contributed by atoms with Crippen LogP contribution in [0.1, 0.15) is 46.5 Å². The van der Waals surface area contributed by atoms with Gasteiger partial charge in [0.15, 0.2) is 0 Å². The van der Waals surface area contributed by atoms with Gasteiger partial charge in [0.1, 0.15) is 0 Å². The van der Waals surface area contributed by atoms with Crippen molar-refractivity contribution in [2.24, 2.45) is 5.92 Å². The molecule has 1 nitrogen and oxygen atoms in total. The van der Waals surface area contributed by atoms with Crippen LogP contribution in [0, 0.1) is 5.92 Å². The summed E-state index contributed by atoms with van der Waals surface area (Å²) >= 11 is 0. The lowest BCUT2D eigenvalue weighted by Crippen LogP contribution is -1.98. The van der Waals surface area contributed by atoms with E-state index in [1.54, 1.807) is 5.57 Å². The minimum absolute atomic E-state index is 0.332. The number of aliphatic hydroxyl groups excluding tert-OH is 1. The molecule has 1 atom stereocenters. The van der Waals surface area contributed by atoms with Crippen LogP contribution in [0.5, 0.6) is 0 Å². The predicted octanol–water partition coefficient (Wildman–Crippen LogP) is 3.14. The van der Waals surface area contributed by atoms with Crippen LogP contribution in [-0.2, 0) is 0 Å². The first-order valence-corrected chi connectivity index (χ1v) is 4.99. The number of allylic oxidation sites excluding steroid dienone is 2. The van der Waals surface area contributed by atoms with Crippen molar-refractivity contribution in [3.8, 4) is 0 Å². The van der Waals surface area contributed by atoms with E-state index in [1.807, 2.05) is 0 Å². The summed E-state index contributed by atoms with van der Waals surface area (Å²) in [7, 11) is 0. The van der Waals surface area contributed by atoms with E-state index in [0.29, 0.717) is 12.5 Å². The molecule has 0 aromatic carbocycles. The maximum Gasteiger partial charge on any atom is 0.0433 e. The van der Waals surface area contributed by atoms with Gasteiger partial charge in [-0.15, -0.1) is 0 Å². The molecule has 0 bridgehead atoms. The van der Waals surface area contributed by atoms with Gasteiger partial charge in [0.25, 0.3) is 0 Å². The molecule has 0 aliphatic carbocycles. The van der Waals surface area contributed by atoms with Gasteiger partial charge in [-0.1, -0.05) is 25.5 Å². The van der Waals surface area contributed by atoms with E-state index in [0.717, 1.165) is 6.42 Å². The smallest absolute Gasteiger partial charge is 0.0433 e. The van der Waals surface area contributed by atoms with Crippen molar-refractivity contribution in [2.75, 3.05) is 6.61 Å². The van der Waals surface area contributed by atoms with E-state index in [4.69, 9.17) is 5.11 Å². The third-order valence-electron chi connectivity index (χ3n) is 2.44. The maximum atomic E-state index is 8.70. The Morgan fingerprint density at radius 1 is 1.42 bits per heavy atom. The summed E-state index contributed by atoms with van der Waals surface area (Å²) in [5, 5.41) is 8.70. The largest absolute Gasteiger partial charge is 0.396 e. The molecule has 1 N–H and O–H groups in total. The van der Waals surface area contributed by atoms with E-state index in [-0.39, 0.29) is 0 Å². The Kier molecular flexibility index (Phi) is 7.17. The van der Waals surface area contributed by atoms with Gasteiger partial charge in [-0.3, -0.25) is 0 Å². The number of aliphatic hydroxyl groups is 1. The quantitative estimate of drug-likeness (QED) is 0.607. The van der Waals surface area contributed by atoms with Gasteiger partial charge in [-0.05, 0) is 38.5 Å². The fourth-order valence-electron chi connectivity index (χ4n) is 1.32. The summed E-state index contributed by atoms with van der Waals surface area (Å²) in [6, 6.07) is 0. The van der Waals surface area contributed by atoms with Crippen molar-refractivity contribution in [3.05, 3.63) is 11.6 Å². The van der Waals surface area contributed by atoms with Crippen molar-refractivity contribution in [1.82, 2.24) is 0 Å². The Balaban J connectivity index is 3.52. The summed E-state index contributed by atoms with van der Waals surface area (Å²) in [6.07, 6.45) is 6.75. The van der Waals surface area contributed by atoms with E-state index >= 15 is 0 Å². The topological polar surface area (TPSA) is 20.2 Å². The molecule has 0 amide bonds. The van der Waals surface area contributed by atoms with Crippen LogP contribution in [0.4, 0.5) is 0 Å². The highest BCUT2D eigenvalue weighted by atomic mass is 16.2. The normalized spacial score (nSPS) is 14.8. The van der Waals surface area contributed by atoms with Crippen LogP contribution in [0.25, 0.3) is 0 Å². The second kappa shape index (κ2) is 7.35. The molecule has 0 aliphatic rings. The average Bonchev–Trinajstić information content (AvgIpc) is 2.07. The zero-order valence-corrected chi connectivity index (χ0v) is 8.64. The van der Waals surface area contributed by atoms with Crippen LogP contribution in [0.2, 0.25) is 0 Å². The number of rotatable bonds is 6. The van der Waals surface area contributed by atoms with Crippen molar-refractivity contribution < 1.29 is 5.11 Å². The van der Waals surface area contributed by atoms with Crippen LogP contribution >= 0.6 is 0 Å². The van der Waals surface area contributed by atoms with Crippen LogP contribution in [-0.4, -0.2) is 11.7 Å². The number of hydrogen-bond acceptors (Lipinski definition) is 1. The lowest BCUT2D eigenvalue weighted by Gasteiger charge is -2.10. The van der Waals surface area contributed by atoms with Gasteiger partial charge < -0.3 is 5.11 Å². The zero-order chi connectivity index (χ0) is 9.40. The highest BCUT2D eigenvalue weighted by Gasteiger charge is 2.01. The zero-order valence-electron chi connectivity index (χ0n) is 8.64. The predicted molar refractivity (Wildman–Crippen MR) is 54.1 cm³/mol. The molecule has 0 radical (unpaired) electrons. The molecule has 1 unspecified atom stereocenters. The van der Waals surface area contributed by atoms with E-state index < -0.39 is 0 Å². The molecule has 0 fully saturated rings. The van der Waals surface area contributed by atoms with E-state index in [9.17, 15) is 0 Å². The molecule has 72 valence electrons. The lowest BCUT2D eigenvalue weighted by atomic mass is 9.97. The van der Waals surface area contributed by atoms with Crippen LogP contribution < -0.4 is 0 Å². The Bertz CT molecular complexity index is 127. The molecule has 0 saturated carbocycles. The van der Waals surface area contributed by atoms with Crippen molar-refractivity contribution in [3.63, 3.8) is 0 Å². The van der Waals surface area contributed by atoms with Gasteiger partial charge in [-0.25, -0.2) is 0 Å². The summed E-state index contributed by atoms with van der Waals surface area (Å²) < 4.78 is 0. The van der Waals surface area contributed by atoms with E-state index in [2.05, 4.69) is 26.8 Å².